The van der Waals surface area contributed by atoms with Crippen LogP contribution in [0.2, 0.25) is 0 Å². The van der Waals surface area contributed by atoms with Crippen LogP contribution in [0.25, 0.3) is 0 Å². The first-order valence-electron chi connectivity index (χ1n) is 10.1. The van der Waals surface area contributed by atoms with Crippen LogP contribution in [-0.4, -0.2) is 29.8 Å². The molecule has 6 nitrogen and oxygen atoms in total. The average molecular weight is 396 g/mol. The quantitative estimate of drug-likeness (QED) is 0.657. The molecule has 154 valence electrons. The first-order chi connectivity index (χ1) is 14.1. The minimum atomic E-state index is -0.743. The van der Waals surface area contributed by atoms with Crippen molar-refractivity contribution < 1.29 is 19.4 Å². The number of aliphatic carboxylic acids is 1. The third-order valence-corrected chi connectivity index (χ3v) is 5.34. The Kier molecular flexibility index (Phi) is 7.11. The molecule has 0 radical (unpaired) electrons. The summed E-state index contributed by atoms with van der Waals surface area (Å²) in [5, 5.41) is 15.2. The van der Waals surface area contributed by atoms with E-state index >= 15 is 0 Å². The number of hydrogen-bond donors (Lipinski definition) is 3. The molecule has 0 heterocycles. The van der Waals surface area contributed by atoms with Gasteiger partial charge in [-0.3, -0.25) is 4.79 Å². The molecule has 1 fully saturated rings. The van der Waals surface area contributed by atoms with Crippen LogP contribution in [0.1, 0.15) is 49.8 Å². The van der Waals surface area contributed by atoms with Crippen molar-refractivity contribution >= 4 is 12.0 Å². The summed E-state index contributed by atoms with van der Waals surface area (Å²) in [6, 6.07) is 17.0. The lowest BCUT2D eigenvalue weighted by molar-refractivity contribution is -0.142. The lowest BCUT2D eigenvalue weighted by Gasteiger charge is -2.28. The van der Waals surface area contributed by atoms with E-state index in [-0.39, 0.29) is 24.0 Å². The Labute approximate surface area is 171 Å². The fourth-order valence-electron chi connectivity index (χ4n) is 3.77. The number of urea groups is 1. The second-order valence-corrected chi connectivity index (χ2v) is 7.35. The Balaban J connectivity index is 1.67. The Morgan fingerprint density at radius 2 is 1.62 bits per heavy atom. The molecule has 6 heteroatoms. The highest BCUT2D eigenvalue weighted by molar-refractivity contribution is 5.75. The van der Waals surface area contributed by atoms with Crippen LogP contribution in [0.5, 0.6) is 5.75 Å². The largest absolute Gasteiger partial charge is 0.494 e. The van der Waals surface area contributed by atoms with E-state index in [2.05, 4.69) is 10.6 Å². The number of carbonyl (C=O) groups is 2. The molecule has 3 N–H and O–H groups in total. The lowest BCUT2D eigenvalue weighted by Crippen LogP contribution is -2.45. The first kappa shape index (κ1) is 20.7. The van der Waals surface area contributed by atoms with Gasteiger partial charge in [-0.05, 0) is 55.9 Å². The zero-order valence-corrected chi connectivity index (χ0v) is 16.6. The highest BCUT2D eigenvalue weighted by atomic mass is 16.5. The first-order valence-corrected chi connectivity index (χ1v) is 10.1. The smallest absolute Gasteiger partial charge is 0.315 e. The highest BCUT2D eigenvalue weighted by Crippen LogP contribution is 2.26. The molecular formula is C23H28N2O4. The summed E-state index contributed by atoms with van der Waals surface area (Å²) in [4.78, 5) is 23.8. The lowest BCUT2D eigenvalue weighted by atomic mass is 9.86. The van der Waals surface area contributed by atoms with Crippen molar-refractivity contribution in [3.8, 4) is 5.75 Å². The van der Waals surface area contributed by atoms with Gasteiger partial charge in [-0.1, -0.05) is 42.5 Å². The Morgan fingerprint density at radius 3 is 2.21 bits per heavy atom. The molecule has 1 aliphatic rings. The maximum Gasteiger partial charge on any atom is 0.315 e. The number of carboxylic acid groups (broad SMARTS) is 1. The summed E-state index contributed by atoms with van der Waals surface area (Å²) in [5.74, 6) is -0.243. The van der Waals surface area contributed by atoms with Crippen LogP contribution < -0.4 is 15.4 Å². The molecule has 29 heavy (non-hydrogen) atoms. The van der Waals surface area contributed by atoms with Crippen molar-refractivity contribution in [1.82, 2.24) is 10.6 Å². The summed E-state index contributed by atoms with van der Waals surface area (Å²) in [7, 11) is 0. The monoisotopic (exact) mass is 396 g/mol. The molecule has 0 spiro atoms. The van der Waals surface area contributed by atoms with E-state index in [1.807, 2.05) is 61.5 Å². The van der Waals surface area contributed by atoms with E-state index in [9.17, 15) is 9.59 Å². The van der Waals surface area contributed by atoms with Gasteiger partial charge in [0, 0.05) is 6.04 Å². The van der Waals surface area contributed by atoms with Crippen LogP contribution in [0, 0.1) is 5.92 Å². The summed E-state index contributed by atoms with van der Waals surface area (Å²) in [5.41, 5.74) is 1.95. The number of benzene rings is 2. The third-order valence-electron chi connectivity index (χ3n) is 5.34. The van der Waals surface area contributed by atoms with Gasteiger partial charge in [0.1, 0.15) is 5.75 Å². The van der Waals surface area contributed by atoms with Gasteiger partial charge >= 0.3 is 12.0 Å². The van der Waals surface area contributed by atoms with E-state index in [1.54, 1.807) is 0 Å². The van der Waals surface area contributed by atoms with Crippen molar-refractivity contribution in [2.24, 2.45) is 5.92 Å². The van der Waals surface area contributed by atoms with Crippen LogP contribution in [0.4, 0.5) is 4.79 Å². The minimum Gasteiger partial charge on any atom is -0.494 e. The van der Waals surface area contributed by atoms with E-state index in [0.717, 1.165) is 16.9 Å². The molecule has 0 saturated heterocycles. The van der Waals surface area contributed by atoms with E-state index in [1.165, 1.54) is 0 Å². The van der Waals surface area contributed by atoms with Crippen molar-refractivity contribution in [3.63, 3.8) is 0 Å². The molecule has 0 aliphatic heterocycles. The van der Waals surface area contributed by atoms with Crippen molar-refractivity contribution in [1.29, 1.82) is 0 Å². The van der Waals surface area contributed by atoms with Crippen LogP contribution in [0.3, 0.4) is 0 Å². The number of ether oxygens (including phenoxy) is 1. The molecule has 1 unspecified atom stereocenters. The minimum absolute atomic E-state index is 0.00218. The van der Waals surface area contributed by atoms with E-state index < -0.39 is 5.97 Å². The number of carbonyl (C=O) groups excluding carboxylic acids is 1. The van der Waals surface area contributed by atoms with Crippen LogP contribution in [0.15, 0.2) is 54.6 Å². The second-order valence-electron chi connectivity index (χ2n) is 7.35. The topological polar surface area (TPSA) is 87.7 Å². The fourth-order valence-corrected chi connectivity index (χ4v) is 3.77. The molecule has 0 aromatic heterocycles. The molecule has 1 saturated carbocycles. The van der Waals surface area contributed by atoms with E-state index in [4.69, 9.17) is 9.84 Å². The standard InChI is InChI=1S/C23H28N2O4/c1-2-29-20-14-10-17(11-15-20)21(16-6-4-3-5-7-16)25-23(28)24-19-12-8-18(9-13-19)22(26)27/h3-7,10-11,14-15,18-19,21H,2,8-9,12-13H2,1H3,(H,26,27)(H2,24,25,28). The molecule has 2 amide bonds. The Bertz CT molecular complexity index is 799. The molecule has 3 rings (SSSR count). The molecular weight excluding hydrogens is 368 g/mol. The van der Waals surface area contributed by atoms with Crippen LogP contribution in [-0.2, 0) is 4.79 Å². The summed E-state index contributed by atoms with van der Waals surface area (Å²) in [6.07, 6.45) is 2.56. The van der Waals surface area contributed by atoms with Crippen molar-refractivity contribution in [3.05, 3.63) is 65.7 Å². The maximum absolute atomic E-state index is 12.7. The highest BCUT2D eigenvalue weighted by Gasteiger charge is 2.27. The zero-order chi connectivity index (χ0) is 20.6. The fraction of sp³-hybridized carbons (Fsp3) is 0.391. The zero-order valence-electron chi connectivity index (χ0n) is 16.6. The van der Waals surface area contributed by atoms with Gasteiger partial charge in [0.25, 0.3) is 0 Å². The van der Waals surface area contributed by atoms with E-state index in [0.29, 0.717) is 32.3 Å². The van der Waals surface area contributed by atoms with Gasteiger partial charge in [-0.25, -0.2) is 4.79 Å². The second kappa shape index (κ2) is 9.96. The predicted octanol–water partition coefficient (Wildman–Crippen LogP) is 4.12. The van der Waals surface area contributed by atoms with Gasteiger partial charge in [-0.2, -0.15) is 0 Å². The van der Waals surface area contributed by atoms with Crippen molar-refractivity contribution in [2.75, 3.05) is 6.61 Å². The summed E-state index contributed by atoms with van der Waals surface area (Å²) in [6.45, 7) is 2.54. The molecule has 2 aromatic rings. The third kappa shape index (κ3) is 5.73. The maximum atomic E-state index is 12.7. The Hall–Kier alpha value is -3.02. The number of hydrogen-bond acceptors (Lipinski definition) is 3. The van der Waals surface area contributed by atoms with Crippen molar-refractivity contribution in [2.45, 2.75) is 44.7 Å². The predicted molar refractivity (Wildman–Crippen MR) is 111 cm³/mol. The summed E-state index contributed by atoms with van der Waals surface area (Å²) >= 11 is 0. The number of carboxylic acids is 1. The normalized spacial score (nSPS) is 19.8. The molecule has 1 aliphatic carbocycles. The van der Waals surface area contributed by atoms with Crippen LogP contribution >= 0.6 is 0 Å². The average Bonchev–Trinajstić information content (AvgIpc) is 2.74. The van der Waals surface area contributed by atoms with Gasteiger partial charge in [-0.15, -0.1) is 0 Å². The molecule has 0 bridgehead atoms. The SMILES string of the molecule is CCOc1ccc(C(NC(=O)NC2CCC(C(=O)O)CC2)c2ccccc2)cc1. The summed E-state index contributed by atoms with van der Waals surface area (Å²) < 4.78 is 5.51. The molecule has 2 aromatic carbocycles. The molecule has 1 atom stereocenters. The number of rotatable bonds is 7. The van der Waals surface area contributed by atoms with Gasteiger partial charge < -0.3 is 20.5 Å². The van der Waals surface area contributed by atoms with Gasteiger partial charge in [0.15, 0.2) is 0 Å². The number of nitrogens with one attached hydrogen (secondary N) is 2. The Morgan fingerprint density at radius 1 is 1.00 bits per heavy atom. The van der Waals surface area contributed by atoms with Gasteiger partial charge in [0.2, 0.25) is 0 Å². The number of amides is 2. The van der Waals surface area contributed by atoms with Gasteiger partial charge in [0.05, 0.1) is 18.6 Å².